The number of aryl methyl sites for hydroxylation is 3. The second-order valence-electron chi connectivity index (χ2n) is 5.06. The minimum absolute atomic E-state index is 0.386. The van der Waals surface area contributed by atoms with Crippen molar-refractivity contribution < 1.29 is 0 Å². The molecular weight excluding hydrogens is 236 g/mol. The van der Waals surface area contributed by atoms with Gasteiger partial charge in [0.25, 0.3) is 0 Å². The van der Waals surface area contributed by atoms with Gasteiger partial charge in [-0.1, -0.05) is 29.0 Å². The van der Waals surface area contributed by atoms with Gasteiger partial charge in [-0.15, -0.1) is 5.10 Å². The molecule has 1 heterocycles. The Morgan fingerprint density at radius 2 is 2.16 bits per heavy atom. The smallest absolute Gasteiger partial charge is 0.0692 e. The molecule has 0 fully saturated rings. The fourth-order valence-corrected chi connectivity index (χ4v) is 2.33. The average molecular weight is 258 g/mol. The van der Waals surface area contributed by atoms with Crippen LogP contribution in [-0.2, 0) is 6.54 Å². The maximum Gasteiger partial charge on any atom is 0.0692 e. The van der Waals surface area contributed by atoms with Crippen LogP contribution in [-0.4, -0.2) is 21.5 Å². The number of rotatable bonds is 6. The lowest BCUT2D eigenvalue weighted by atomic mass is 10.0. The van der Waals surface area contributed by atoms with Crippen molar-refractivity contribution in [2.24, 2.45) is 0 Å². The fourth-order valence-electron chi connectivity index (χ4n) is 2.33. The van der Waals surface area contributed by atoms with Crippen LogP contribution >= 0.6 is 0 Å². The van der Waals surface area contributed by atoms with Crippen LogP contribution in [0.5, 0.6) is 0 Å². The van der Waals surface area contributed by atoms with Crippen LogP contribution in [0.15, 0.2) is 30.6 Å². The summed E-state index contributed by atoms with van der Waals surface area (Å²) in [7, 11) is 0. The van der Waals surface area contributed by atoms with E-state index in [4.69, 9.17) is 0 Å². The van der Waals surface area contributed by atoms with Crippen LogP contribution in [0, 0.1) is 13.8 Å². The second kappa shape index (κ2) is 6.48. The highest BCUT2D eigenvalue weighted by atomic mass is 15.4. The summed E-state index contributed by atoms with van der Waals surface area (Å²) in [5.74, 6) is 0. The molecule has 19 heavy (non-hydrogen) atoms. The van der Waals surface area contributed by atoms with Crippen molar-refractivity contribution in [3.05, 3.63) is 47.3 Å². The highest BCUT2D eigenvalue weighted by molar-refractivity contribution is 5.32. The Morgan fingerprint density at radius 1 is 1.32 bits per heavy atom. The van der Waals surface area contributed by atoms with Crippen LogP contribution in [0.3, 0.4) is 0 Å². The fraction of sp³-hybridized carbons (Fsp3) is 0.467. The Balaban J connectivity index is 1.79. The minimum atomic E-state index is 0.386. The van der Waals surface area contributed by atoms with Crippen molar-refractivity contribution >= 4 is 0 Å². The van der Waals surface area contributed by atoms with Crippen molar-refractivity contribution in [3.8, 4) is 0 Å². The first-order valence-corrected chi connectivity index (χ1v) is 6.81. The molecular formula is C15H22N4. The van der Waals surface area contributed by atoms with E-state index in [1.165, 1.54) is 16.7 Å². The second-order valence-corrected chi connectivity index (χ2v) is 5.06. The van der Waals surface area contributed by atoms with Gasteiger partial charge >= 0.3 is 0 Å². The first-order chi connectivity index (χ1) is 9.16. The molecule has 1 unspecified atom stereocenters. The Bertz CT molecular complexity index is 505. The Labute approximate surface area is 114 Å². The topological polar surface area (TPSA) is 42.7 Å². The molecule has 0 saturated carbocycles. The lowest BCUT2D eigenvalue weighted by Crippen LogP contribution is -2.21. The predicted octanol–water partition coefficient (Wildman–Crippen LogP) is 2.64. The van der Waals surface area contributed by atoms with Gasteiger partial charge in [0.1, 0.15) is 0 Å². The largest absolute Gasteiger partial charge is 0.310 e. The number of nitrogens with one attached hydrogen (secondary N) is 1. The van der Waals surface area contributed by atoms with Gasteiger partial charge in [-0.25, -0.2) is 0 Å². The maximum atomic E-state index is 3.95. The molecule has 102 valence electrons. The first kappa shape index (κ1) is 13.7. The van der Waals surface area contributed by atoms with E-state index >= 15 is 0 Å². The zero-order valence-corrected chi connectivity index (χ0v) is 11.9. The van der Waals surface area contributed by atoms with Crippen molar-refractivity contribution in [1.29, 1.82) is 0 Å². The summed E-state index contributed by atoms with van der Waals surface area (Å²) in [5.41, 5.74) is 4.06. The summed E-state index contributed by atoms with van der Waals surface area (Å²) in [6.07, 6.45) is 4.66. The molecule has 1 atom stereocenters. The van der Waals surface area contributed by atoms with E-state index in [2.05, 4.69) is 54.6 Å². The van der Waals surface area contributed by atoms with Gasteiger partial charge in [0, 0.05) is 18.8 Å². The van der Waals surface area contributed by atoms with Gasteiger partial charge in [-0.05, 0) is 44.9 Å². The van der Waals surface area contributed by atoms with E-state index in [0.717, 1.165) is 19.5 Å². The number of hydrogen-bond donors (Lipinski definition) is 1. The van der Waals surface area contributed by atoms with Crippen molar-refractivity contribution in [3.63, 3.8) is 0 Å². The number of aromatic nitrogens is 3. The van der Waals surface area contributed by atoms with E-state index < -0.39 is 0 Å². The molecule has 0 radical (unpaired) electrons. The first-order valence-electron chi connectivity index (χ1n) is 6.81. The van der Waals surface area contributed by atoms with Crippen molar-refractivity contribution in [2.75, 3.05) is 6.54 Å². The summed E-state index contributed by atoms with van der Waals surface area (Å²) in [4.78, 5) is 0. The molecule has 4 nitrogen and oxygen atoms in total. The monoisotopic (exact) mass is 258 g/mol. The molecule has 0 aliphatic heterocycles. The average Bonchev–Trinajstić information content (AvgIpc) is 2.87. The van der Waals surface area contributed by atoms with Gasteiger partial charge in [0.05, 0.1) is 6.20 Å². The van der Waals surface area contributed by atoms with Crippen molar-refractivity contribution in [1.82, 2.24) is 20.3 Å². The third-order valence-electron chi connectivity index (χ3n) is 3.38. The summed E-state index contributed by atoms with van der Waals surface area (Å²) in [5, 5.41) is 11.3. The molecule has 0 saturated heterocycles. The maximum absolute atomic E-state index is 3.95. The number of nitrogens with zero attached hydrogens (tertiary/aromatic N) is 3. The molecule has 0 spiro atoms. The third kappa shape index (κ3) is 3.89. The Kier molecular flexibility index (Phi) is 4.68. The van der Waals surface area contributed by atoms with E-state index in [-0.39, 0.29) is 0 Å². The van der Waals surface area contributed by atoms with Crippen LogP contribution in [0.4, 0.5) is 0 Å². The van der Waals surface area contributed by atoms with Gasteiger partial charge in [-0.2, -0.15) is 0 Å². The highest BCUT2D eigenvalue weighted by Gasteiger charge is 2.07. The van der Waals surface area contributed by atoms with Gasteiger partial charge in [-0.3, -0.25) is 4.68 Å². The summed E-state index contributed by atoms with van der Waals surface area (Å²) >= 11 is 0. The molecule has 2 aromatic rings. The van der Waals surface area contributed by atoms with Gasteiger partial charge in [0.2, 0.25) is 0 Å². The summed E-state index contributed by atoms with van der Waals surface area (Å²) < 4.78 is 1.86. The van der Waals surface area contributed by atoms with Crippen LogP contribution < -0.4 is 5.32 Å². The van der Waals surface area contributed by atoms with E-state index in [9.17, 15) is 0 Å². The Morgan fingerprint density at radius 3 is 2.84 bits per heavy atom. The Hall–Kier alpha value is -1.68. The molecule has 2 rings (SSSR count). The van der Waals surface area contributed by atoms with Crippen LogP contribution in [0.1, 0.15) is 36.1 Å². The molecule has 0 amide bonds. The summed E-state index contributed by atoms with van der Waals surface area (Å²) in [6.45, 7) is 8.41. The van der Waals surface area contributed by atoms with E-state index in [1.807, 2.05) is 10.9 Å². The molecule has 1 N–H and O–H groups in total. The van der Waals surface area contributed by atoms with Crippen molar-refractivity contribution in [2.45, 2.75) is 39.8 Å². The number of benzene rings is 1. The minimum Gasteiger partial charge on any atom is -0.310 e. The molecule has 0 aliphatic carbocycles. The van der Waals surface area contributed by atoms with Gasteiger partial charge < -0.3 is 5.32 Å². The lowest BCUT2D eigenvalue weighted by Gasteiger charge is -2.17. The molecule has 4 heteroatoms. The molecule has 1 aromatic carbocycles. The SMILES string of the molecule is Cc1ccc(C(C)NCCCn2ccnn2)c(C)c1. The lowest BCUT2D eigenvalue weighted by molar-refractivity contribution is 0.498. The van der Waals surface area contributed by atoms with E-state index in [1.54, 1.807) is 6.20 Å². The van der Waals surface area contributed by atoms with E-state index in [0.29, 0.717) is 6.04 Å². The summed E-state index contributed by atoms with van der Waals surface area (Å²) in [6, 6.07) is 7.02. The molecule has 0 bridgehead atoms. The number of hydrogen-bond acceptors (Lipinski definition) is 3. The standard InChI is InChI=1S/C15H22N4/c1-12-5-6-15(13(2)11-12)14(3)16-7-4-9-19-10-8-17-18-19/h5-6,8,10-11,14,16H,4,7,9H2,1-3H3. The zero-order valence-electron chi connectivity index (χ0n) is 11.9. The normalized spacial score (nSPS) is 12.6. The van der Waals surface area contributed by atoms with Crippen LogP contribution in [0.25, 0.3) is 0 Å². The quantitative estimate of drug-likeness (QED) is 0.810. The van der Waals surface area contributed by atoms with Crippen LogP contribution in [0.2, 0.25) is 0 Å². The molecule has 0 aliphatic rings. The highest BCUT2D eigenvalue weighted by Crippen LogP contribution is 2.18. The predicted molar refractivity (Wildman–Crippen MR) is 77.0 cm³/mol. The zero-order chi connectivity index (χ0) is 13.7. The molecule has 1 aromatic heterocycles. The van der Waals surface area contributed by atoms with Gasteiger partial charge in [0.15, 0.2) is 0 Å². The third-order valence-corrected chi connectivity index (χ3v) is 3.38.